The van der Waals surface area contributed by atoms with Gasteiger partial charge in [-0.15, -0.1) is 0 Å². The van der Waals surface area contributed by atoms with Gasteiger partial charge in [-0.3, -0.25) is 0 Å². The van der Waals surface area contributed by atoms with E-state index in [0.717, 1.165) is 43.5 Å². The number of methoxy groups -OCH3 is 1. The van der Waals surface area contributed by atoms with Gasteiger partial charge in [-0.1, -0.05) is 23.7 Å². The van der Waals surface area contributed by atoms with Crippen LogP contribution in [0.1, 0.15) is 53.4 Å². The number of halogens is 1. The zero-order chi connectivity index (χ0) is 26.5. The number of ether oxygens (including phenoxy) is 2. The largest absolute Gasteiger partial charge is 0.477 e. The van der Waals surface area contributed by atoms with Gasteiger partial charge in [0.2, 0.25) is 5.88 Å². The predicted molar refractivity (Wildman–Crippen MR) is 143 cm³/mol. The van der Waals surface area contributed by atoms with E-state index in [-0.39, 0.29) is 11.8 Å². The van der Waals surface area contributed by atoms with Crippen LogP contribution in [0.4, 0.5) is 0 Å². The van der Waals surface area contributed by atoms with Gasteiger partial charge in [0, 0.05) is 43.8 Å². The van der Waals surface area contributed by atoms with E-state index in [9.17, 15) is 9.90 Å². The summed E-state index contributed by atoms with van der Waals surface area (Å²) in [5.41, 5.74) is 2.41. The van der Waals surface area contributed by atoms with Crippen LogP contribution in [-0.4, -0.2) is 55.4 Å². The second kappa shape index (κ2) is 11.9. The average Bonchev–Trinajstić information content (AvgIpc) is 3.26. The number of fused-ring (bicyclic) bond motifs is 1. The minimum atomic E-state index is -1.05. The Morgan fingerprint density at radius 1 is 1.05 bits per heavy atom. The lowest BCUT2D eigenvalue weighted by molar-refractivity contribution is 0.0691. The van der Waals surface area contributed by atoms with Gasteiger partial charge >= 0.3 is 5.97 Å². The van der Waals surface area contributed by atoms with Gasteiger partial charge in [0.1, 0.15) is 23.3 Å². The number of hydrogen-bond donors (Lipinski definition) is 1. The average molecular weight is 536 g/mol. The molecule has 3 aromatic heterocycles. The fraction of sp³-hybridized carbons (Fsp3) is 0.393. The number of hydrogen-bond acceptors (Lipinski definition) is 7. The Morgan fingerprint density at radius 2 is 1.84 bits per heavy atom. The topological polar surface area (TPSA) is 112 Å². The lowest BCUT2D eigenvalue weighted by atomic mass is 9.85. The smallest absolute Gasteiger partial charge is 0.354 e. The SMILES string of the molecule is COCCn1c(C[C@H]2CC[C@H](Oc3ccnc(Cc4ccc(Cl)cc4)n3)CC2)nc2ccc(C(=O)O)nc21. The molecule has 5 rings (SSSR count). The lowest BCUT2D eigenvalue weighted by Crippen LogP contribution is -2.26. The Bertz CT molecular complexity index is 1400. The molecule has 0 atom stereocenters. The second-order valence-electron chi connectivity index (χ2n) is 9.60. The number of nitrogens with zero attached hydrogens (tertiary/aromatic N) is 5. The number of benzene rings is 1. The summed E-state index contributed by atoms with van der Waals surface area (Å²) in [5.74, 6) is 1.64. The maximum atomic E-state index is 11.4. The van der Waals surface area contributed by atoms with Crippen LogP contribution in [0.25, 0.3) is 11.2 Å². The first-order chi connectivity index (χ1) is 18.5. The molecular formula is C28H30ClN5O4. The standard InChI is InChI=1S/C28H30ClN5O4/c1-37-15-14-34-25(31-22-10-11-23(28(35)36)32-27(22)34)17-19-4-8-21(9-5-19)38-26-12-13-30-24(33-26)16-18-2-6-20(29)7-3-18/h2-3,6-7,10-13,19,21H,4-5,8-9,14-17H2,1H3,(H,35,36)/t19-,21-. The zero-order valence-electron chi connectivity index (χ0n) is 21.2. The first-order valence-electron chi connectivity index (χ1n) is 12.8. The highest BCUT2D eigenvalue weighted by molar-refractivity contribution is 6.30. The van der Waals surface area contributed by atoms with Crippen LogP contribution in [-0.2, 0) is 24.1 Å². The van der Waals surface area contributed by atoms with E-state index in [4.69, 9.17) is 26.1 Å². The number of pyridine rings is 1. The van der Waals surface area contributed by atoms with Crippen molar-refractivity contribution >= 4 is 28.7 Å². The monoisotopic (exact) mass is 535 g/mol. The molecule has 9 nitrogen and oxygen atoms in total. The first-order valence-corrected chi connectivity index (χ1v) is 13.2. The lowest BCUT2D eigenvalue weighted by Gasteiger charge is -2.28. The molecule has 198 valence electrons. The number of carbonyl (C=O) groups is 1. The van der Waals surface area contributed by atoms with E-state index in [2.05, 4.69) is 15.0 Å². The Labute approximate surface area is 225 Å². The molecule has 1 aliphatic carbocycles. The van der Waals surface area contributed by atoms with Crippen LogP contribution < -0.4 is 4.74 Å². The third-order valence-corrected chi connectivity index (χ3v) is 7.17. The minimum absolute atomic E-state index is 0.0151. The molecule has 1 N–H and O–H groups in total. The summed E-state index contributed by atoms with van der Waals surface area (Å²) < 4.78 is 13.5. The maximum absolute atomic E-state index is 11.4. The zero-order valence-corrected chi connectivity index (χ0v) is 22.0. The molecule has 0 aliphatic heterocycles. The van der Waals surface area contributed by atoms with Crippen LogP contribution in [0, 0.1) is 5.92 Å². The molecule has 3 heterocycles. The number of rotatable bonds is 10. The molecule has 0 saturated heterocycles. The molecule has 0 amide bonds. The van der Waals surface area contributed by atoms with Crippen molar-refractivity contribution in [1.82, 2.24) is 24.5 Å². The van der Waals surface area contributed by atoms with Gasteiger partial charge in [-0.25, -0.2) is 19.7 Å². The van der Waals surface area contributed by atoms with E-state index in [0.29, 0.717) is 53.4 Å². The molecule has 0 radical (unpaired) electrons. The van der Waals surface area contributed by atoms with E-state index in [1.165, 1.54) is 6.07 Å². The van der Waals surface area contributed by atoms with Crippen molar-refractivity contribution in [3.63, 3.8) is 0 Å². The fourth-order valence-electron chi connectivity index (χ4n) is 4.94. The Balaban J connectivity index is 1.20. The highest BCUT2D eigenvalue weighted by atomic mass is 35.5. The summed E-state index contributed by atoms with van der Waals surface area (Å²) in [6.07, 6.45) is 7.15. The van der Waals surface area contributed by atoms with E-state index in [1.807, 2.05) is 34.9 Å². The second-order valence-corrected chi connectivity index (χ2v) is 10.0. The van der Waals surface area contributed by atoms with Gasteiger partial charge < -0.3 is 19.1 Å². The number of carboxylic acid groups (broad SMARTS) is 1. The van der Waals surface area contributed by atoms with Gasteiger partial charge in [0.05, 0.1) is 6.61 Å². The highest BCUT2D eigenvalue weighted by Gasteiger charge is 2.25. The Morgan fingerprint density at radius 3 is 2.58 bits per heavy atom. The van der Waals surface area contributed by atoms with Crippen molar-refractivity contribution in [3.05, 3.63) is 76.6 Å². The molecule has 0 bridgehead atoms. The Kier molecular flexibility index (Phi) is 8.14. The summed E-state index contributed by atoms with van der Waals surface area (Å²) in [5, 5.41) is 10.1. The molecule has 0 unspecified atom stereocenters. The fourth-order valence-corrected chi connectivity index (χ4v) is 5.07. The van der Waals surface area contributed by atoms with Crippen molar-refractivity contribution in [2.75, 3.05) is 13.7 Å². The van der Waals surface area contributed by atoms with Crippen molar-refractivity contribution < 1.29 is 19.4 Å². The Hall–Kier alpha value is -3.56. The van der Waals surface area contributed by atoms with Crippen molar-refractivity contribution in [3.8, 4) is 5.88 Å². The summed E-state index contributed by atoms with van der Waals surface area (Å²) in [7, 11) is 1.65. The van der Waals surface area contributed by atoms with Crippen LogP contribution in [0.15, 0.2) is 48.7 Å². The predicted octanol–water partition coefficient (Wildman–Crippen LogP) is 4.99. The van der Waals surface area contributed by atoms with Gasteiger partial charge in [-0.2, -0.15) is 4.98 Å². The van der Waals surface area contributed by atoms with Crippen LogP contribution in [0.5, 0.6) is 5.88 Å². The summed E-state index contributed by atoms with van der Waals surface area (Å²) in [4.78, 5) is 29.6. The van der Waals surface area contributed by atoms with E-state index >= 15 is 0 Å². The third-order valence-electron chi connectivity index (χ3n) is 6.92. The number of aromatic nitrogens is 5. The highest BCUT2D eigenvalue weighted by Crippen LogP contribution is 2.30. The molecule has 1 saturated carbocycles. The van der Waals surface area contributed by atoms with Gasteiger partial charge in [0.15, 0.2) is 11.3 Å². The van der Waals surface area contributed by atoms with Crippen LogP contribution >= 0.6 is 11.6 Å². The maximum Gasteiger partial charge on any atom is 0.354 e. The molecule has 0 spiro atoms. The van der Waals surface area contributed by atoms with E-state index in [1.54, 1.807) is 19.4 Å². The molecule has 10 heteroatoms. The summed E-state index contributed by atoms with van der Waals surface area (Å²) in [6, 6.07) is 12.7. The first kappa shape index (κ1) is 26.1. The summed E-state index contributed by atoms with van der Waals surface area (Å²) in [6.45, 7) is 1.07. The molecule has 38 heavy (non-hydrogen) atoms. The number of carboxylic acids is 1. The third kappa shape index (κ3) is 6.28. The van der Waals surface area contributed by atoms with E-state index < -0.39 is 5.97 Å². The molecule has 1 aliphatic rings. The minimum Gasteiger partial charge on any atom is -0.477 e. The van der Waals surface area contributed by atoms with Crippen molar-refractivity contribution in [2.45, 2.75) is 51.2 Å². The normalized spacial score (nSPS) is 17.5. The number of imidazole rings is 1. The van der Waals surface area contributed by atoms with Gasteiger partial charge in [0.25, 0.3) is 0 Å². The summed E-state index contributed by atoms with van der Waals surface area (Å²) >= 11 is 5.98. The van der Waals surface area contributed by atoms with Crippen LogP contribution in [0.2, 0.25) is 5.02 Å². The van der Waals surface area contributed by atoms with Crippen LogP contribution in [0.3, 0.4) is 0 Å². The molecular weight excluding hydrogens is 506 g/mol. The molecule has 1 fully saturated rings. The molecule has 1 aromatic carbocycles. The van der Waals surface area contributed by atoms with Crippen molar-refractivity contribution in [2.24, 2.45) is 5.92 Å². The van der Waals surface area contributed by atoms with Crippen molar-refractivity contribution in [1.29, 1.82) is 0 Å². The quantitative estimate of drug-likeness (QED) is 0.302. The van der Waals surface area contributed by atoms with Gasteiger partial charge in [-0.05, 0) is 61.4 Å². The number of aromatic carboxylic acids is 1. The molecule has 4 aromatic rings.